The molecule has 1 rings (SSSR count). The normalized spacial score (nSPS) is 12.8. The van der Waals surface area contributed by atoms with Crippen molar-refractivity contribution in [3.8, 4) is 0 Å². The number of carbonyl (C=O) groups excluding carboxylic acids is 1. The molecular formula is C15H24FN3O. The molecule has 5 heteroatoms. The minimum atomic E-state index is -0.481. The summed E-state index contributed by atoms with van der Waals surface area (Å²) in [5.41, 5.74) is 6.12. The van der Waals surface area contributed by atoms with Crippen molar-refractivity contribution in [2.24, 2.45) is 5.92 Å². The van der Waals surface area contributed by atoms with Crippen LogP contribution >= 0.6 is 0 Å². The van der Waals surface area contributed by atoms with Gasteiger partial charge in [0, 0.05) is 11.7 Å². The number of anilines is 2. The Kier molecular flexibility index (Phi) is 5.95. The molecule has 0 aliphatic rings. The van der Waals surface area contributed by atoms with Gasteiger partial charge in [0.15, 0.2) is 0 Å². The summed E-state index contributed by atoms with van der Waals surface area (Å²) in [7, 11) is 1.89. The fourth-order valence-electron chi connectivity index (χ4n) is 2.07. The second-order valence-electron chi connectivity index (χ2n) is 5.68. The third kappa shape index (κ3) is 5.17. The van der Waals surface area contributed by atoms with Crippen molar-refractivity contribution < 1.29 is 9.18 Å². The summed E-state index contributed by atoms with van der Waals surface area (Å²) < 4.78 is 13.5. The Bertz CT molecular complexity index is 462. The number of rotatable bonds is 6. The molecule has 0 spiro atoms. The first kappa shape index (κ1) is 16.4. The lowest BCUT2D eigenvalue weighted by molar-refractivity contribution is -0.117. The average molecular weight is 281 g/mol. The van der Waals surface area contributed by atoms with Gasteiger partial charge < -0.3 is 11.1 Å². The second kappa shape index (κ2) is 7.24. The van der Waals surface area contributed by atoms with E-state index in [0.29, 0.717) is 17.6 Å². The maximum Gasteiger partial charge on any atom is 0.238 e. The van der Waals surface area contributed by atoms with Gasteiger partial charge in [0.05, 0.1) is 12.2 Å². The average Bonchev–Trinajstić information content (AvgIpc) is 2.32. The van der Waals surface area contributed by atoms with Crippen LogP contribution in [0.1, 0.15) is 27.2 Å². The van der Waals surface area contributed by atoms with Crippen molar-refractivity contribution in [3.63, 3.8) is 0 Å². The Morgan fingerprint density at radius 1 is 1.40 bits per heavy atom. The van der Waals surface area contributed by atoms with Crippen LogP contribution < -0.4 is 11.1 Å². The Morgan fingerprint density at radius 2 is 2.05 bits per heavy atom. The molecule has 0 aliphatic heterocycles. The smallest absolute Gasteiger partial charge is 0.238 e. The van der Waals surface area contributed by atoms with E-state index in [2.05, 4.69) is 26.1 Å². The largest absolute Gasteiger partial charge is 0.399 e. The van der Waals surface area contributed by atoms with Gasteiger partial charge in [-0.15, -0.1) is 0 Å². The number of nitrogens with one attached hydrogen (secondary N) is 1. The summed E-state index contributed by atoms with van der Waals surface area (Å²) in [6, 6.07) is 4.43. The monoisotopic (exact) mass is 281 g/mol. The molecule has 0 aliphatic carbocycles. The van der Waals surface area contributed by atoms with Gasteiger partial charge in [0.2, 0.25) is 5.91 Å². The van der Waals surface area contributed by atoms with Gasteiger partial charge in [-0.25, -0.2) is 4.39 Å². The molecule has 0 fully saturated rings. The number of halogens is 1. The van der Waals surface area contributed by atoms with E-state index in [-0.39, 0.29) is 18.1 Å². The molecular weight excluding hydrogens is 257 g/mol. The van der Waals surface area contributed by atoms with Gasteiger partial charge in [0.1, 0.15) is 5.82 Å². The third-order valence-electron chi connectivity index (χ3n) is 3.22. The number of hydrogen-bond donors (Lipinski definition) is 2. The molecule has 0 saturated carbocycles. The standard InChI is InChI=1S/C15H24FN3O/c1-10(2)7-11(3)19(4)9-15(20)18-14-8-12(17)5-6-13(14)16/h5-6,8,10-11H,7,9,17H2,1-4H3,(H,18,20). The number of benzene rings is 1. The zero-order valence-electron chi connectivity index (χ0n) is 12.6. The number of carbonyl (C=O) groups is 1. The quantitative estimate of drug-likeness (QED) is 0.788. The summed E-state index contributed by atoms with van der Waals surface area (Å²) in [5.74, 6) is -0.153. The topological polar surface area (TPSA) is 58.4 Å². The number of nitrogens with zero attached hydrogens (tertiary/aromatic N) is 1. The van der Waals surface area contributed by atoms with Crippen LogP contribution in [0.2, 0.25) is 0 Å². The van der Waals surface area contributed by atoms with Crippen LogP contribution in [0.25, 0.3) is 0 Å². The van der Waals surface area contributed by atoms with E-state index in [4.69, 9.17) is 5.73 Å². The van der Waals surface area contributed by atoms with E-state index in [1.165, 1.54) is 18.2 Å². The molecule has 0 saturated heterocycles. The Morgan fingerprint density at radius 3 is 2.65 bits per heavy atom. The lowest BCUT2D eigenvalue weighted by Crippen LogP contribution is -2.37. The summed E-state index contributed by atoms with van der Waals surface area (Å²) in [5, 5.41) is 2.55. The van der Waals surface area contributed by atoms with Gasteiger partial charge in [-0.3, -0.25) is 9.69 Å². The molecule has 112 valence electrons. The van der Waals surface area contributed by atoms with Crippen LogP contribution in [0.3, 0.4) is 0 Å². The second-order valence-corrected chi connectivity index (χ2v) is 5.68. The van der Waals surface area contributed by atoms with Gasteiger partial charge in [0.25, 0.3) is 0 Å². The van der Waals surface area contributed by atoms with Crippen LogP contribution in [0, 0.1) is 11.7 Å². The van der Waals surface area contributed by atoms with Crippen LogP contribution in [-0.4, -0.2) is 30.4 Å². The Labute approximate surface area is 120 Å². The Hall–Kier alpha value is -1.62. The van der Waals surface area contributed by atoms with E-state index in [9.17, 15) is 9.18 Å². The predicted octanol–water partition coefficient (Wildman–Crippen LogP) is 2.71. The van der Waals surface area contributed by atoms with Crippen molar-refractivity contribution in [1.29, 1.82) is 0 Å². The predicted molar refractivity (Wildman–Crippen MR) is 81.0 cm³/mol. The van der Waals surface area contributed by atoms with Crippen molar-refractivity contribution >= 4 is 17.3 Å². The molecule has 20 heavy (non-hydrogen) atoms. The highest BCUT2D eigenvalue weighted by molar-refractivity contribution is 5.92. The highest BCUT2D eigenvalue weighted by Gasteiger charge is 2.15. The van der Waals surface area contributed by atoms with E-state index in [1.807, 2.05) is 11.9 Å². The maximum absolute atomic E-state index is 13.5. The lowest BCUT2D eigenvalue weighted by atomic mass is 10.0. The summed E-state index contributed by atoms with van der Waals surface area (Å²) in [6.45, 7) is 6.59. The van der Waals surface area contributed by atoms with E-state index in [0.717, 1.165) is 6.42 Å². The van der Waals surface area contributed by atoms with Crippen molar-refractivity contribution in [3.05, 3.63) is 24.0 Å². The zero-order valence-corrected chi connectivity index (χ0v) is 12.6. The molecule has 0 bridgehead atoms. The molecule has 1 amide bonds. The maximum atomic E-state index is 13.5. The minimum absolute atomic E-state index is 0.125. The van der Waals surface area contributed by atoms with E-state index >= 15 is 0 Å². The van der Waals surface area contributed by atoms with E-state index < -0.39 is 5.82 Å². The summed E-state index contributed by atoms with van der Waals surface area (Å²) >= 11 is 0. The first-order valence-electron chi connectivity index (χ1n) is 6.84. The highest BCUT2D eigenvalue weighted by atomic mass is 19.1. The first-order chi connectivity index (χ1) is 9.29. The van der Waals surface area contributed by atoms with Crippen LogP contribution in [0.5, 0.6) is 0 Å². The van der Waals surface area contributed by atoms with Gasteiger partial charge in [-0.05, 0) is 44.5 Å². The molecule has 0 aromatic heterocycles. The van der Waals surface area contributed by atoms with Crippen molar-refractivity contribution in [1.82, 2.24) is 4.90 Å². The molecule has 3 N–H and O–H groups in total. The van der Waals surface area contributed by atoms with Crippen molar-refractivity contribution in [2.45, 2.75) is 33.2 Å². The van der Waals surface area contributed by atoms with Gasteiger partial charge >= 0.3 is 0 Å². The molecule has 1 aromatic carbocycles. The van der Waals surface area contributed by atoms with Crippen LogP contribution in [0.15, 0.2) is 18.2 Å². The van der Waals surface area contributed by atoms with E-state index in [1.54, 1.807) is 0 Å². The fraction of sp³-hybridized carbons (Fsp3) is 0.533. The fourth-order valence-corrected chi connectivity index (χ4v) is 2.07. The van der Waals surface area contributed by atoms with Crippen LogP contribution in [-0.2, 0) is 4.79 Å². The highest BCUT2D eigenvalue weighted by Crippen LogP contribution is 2.17. The first-order valence-corrected chi connectivity index (χ1v) is 6.84. The summed E-state index contributed by atoms with van der Waals surface area (Å²) in [4.78, 5) is 13.9. The number of nitrogen functional groups attached to an aromatic ring is 1. The lowest BCUT2D eigenvalue weighted by Gasteiger charge is -2.25. The van der Waals surface area contributed by atoms with Gasteiger partial charge in [-0.1, -0.05) is 13.8 Å². The van der Waals surface area contributed by atoms with Crippen LogP contribution in [0.4, 0.5) is 15.8 Å². The third-order valence-corrected chi connectivity index (χ3v) is 3.22. The molecule has 4 nitrogen and oxygen atoms in total. The van der Waals surface area contributed by atoms with Crippen molar-refractivity contribution in [2.75, 3.05) is 24.6 Å². The number of likely N-dealkylation sites (N-methyl/N-ethyl adjacent to an activating group) is 1. The Balaban J connectivity index is 2.57. The summed E-state index contributed by atoms with van der Waals surface area (Å²) in [6.07, 6.45) is 1.01. The zero-order chi connectivity index (χ0) is 15.3. The molecule has 1 unspecified atom stereocenters. The number of hydrogen-bond acceptors (Lipinski definition) is 3. The minimum Gasteiger partial charge on any atom is -0.399 e. The molecule has 0 heterocycles. The SMILES string of the molecule is CC(C)CC(C)N(C)CC(=O)Nc1cc(N)ccc1F. The molecule has 0 radical (unpaired) electrons. The number of amides is 1. The van der Waals surface area contributed by atoms with Gasteiger partial charge in [-0.2, -0.15) is 0 Å². The number of nitrogens with two attached hydrogens (primary N) is 1. The molecule has 1 atom stereocenters. The molecule has 1 aromatic rings.